The van der Waals surface area contributed by atoms with Crippen molar-refractivity contribution >= 4 is 34.9 Å². The summed E-state index contributed by atoms with van der Waals surface area (Å²) < 4.78 is 26.8. The van der Waals surface area contributed by atoms with Crippen molar-refractivity contribution in [3.05, 3.63) is 64.9 Å². The third-order valence-corrected chi connectivity index (χ3v) is 4.36. The standard InChI is InChI=1S/C20H21F2N3O.ClH/c1-12-15(8-9-25(2)3)17-11-14(5-7-19(17)23-12)24-20(26)16-6-4-13(21)10-18(16)22;/h4-7,10-11,23H,8-9H2,1-3H3,(H,24,26);1H. The predicted molar refractivity (Wildman–Crippen MR) is 107 cm³/mol. The van der Waals surface area contributed by atoms with Gasteiger partial charge in [0, 0.05) is 34.9 Å². The summed E-state index contributed by atoms with van der Waals surface area (Å²) in [6.45, 7) is 2.93. The van der Waals surface area contributed by atoms with Crippen LogP contribution in [0, 0.1) is 18.6 Å². The topological polar surface area (TPSA) is 48.1 Å². The number of nitrogens with one attached hydrogen (secondary N) is 2. The van der Waals surface area contributed by atoms with E-state index in [2.05, 4.69) is 15.2 Å². The average molecular weight is 394 g/mol. The lowest BCUT2D eigenvalue weighted by molar-refractivity contribution is 0.102. The number of carbonyl (C=O) groups is 1. The molecular formula is C20H22ClF2N3O. The van der Waals surface area contributed by atoms with Gasteiger partial charge < -0.3 is 15.2 Å². The van der Waals surface area contributed by atoms with E-state index in [1.807, 2.05) is 33.2 Å². The molecule has 27 heavy (non-hydrogen) atoms. The molecule has 0 radical (unpaired) electrons. The van der Waals surface area contributed by atoms with E-state index in [0.29, 0.717) is 11.8 Å². The number of aromatic nitrogens is 1. The molecule has 0 atom stereocenters. The molecule has 0 aliphatic carbocycles. The van der Waals surface area contributed by atoms with Crippen molar-refractivity contribution < 1.29 is 13.6 Å². The summed E-state index contributed by atoms with van der Waals surface area (Å²) >= 11 is 0. The minimum Gasteiger partial charge on any atom is -0.358 e. The number of rotatable bonds is 5. The maximum atomic E-state index is 13.8. The monoisotopic (exact) mass is 393 g/mol. The number of amides is 1. The van der Waals surface area contributed by atoms with Crippen LogP contribution in [-0.4, -0.2) is 36.4 Å². The number of aryl methyl sites for hydroxylation is 1. The molecule has 144 valence electrons. The average Bonchev–Trinajstić information content (AvgIpc) is 2.87. The fourth-order valence-corrected chi connectivity index (χ4v) is 2.99. The minimum atomic E-state index is -0.882. The summed E-state index contributed by atoms with van der Waals surface area (Å²) in [5, 5.41) is 3.72. The van der Waals surface area contributed by atoms with Crippen LogP contribution in [0.5, 0.6) is 0 Å². The first-order chi connectivity index (χ1) is 12.3. The van der Waals surface area contributed by atoms with Crippen molar-refractivity contribution in [2.24, 2.45) is 0 Å². The van der Waals surface area contributed by atoms with Crippen LogP contribution in [0.3, 0.4) is 0 Å². The van der Waals surface area contributed by atoms with Crippen LogP contribution in [-0.2, 0) is 6.42 Å². The van der Waals surface area contributed by atoms with Crippen LogP contribution >= 0.6 is 12.4 Å². The van der Waals surface area contributed by atoms with Crippen molar-refractivity contribution in [1.82, 2.24) is 9.88 Å². The summed E-state index contributed by atoms with van der Waals surface area (Å²) in [5.74, 6) is -2.20. The van der Waals surface area contributed by atoms with E-state index in [4.69, 9.17) is 0 Å². The molecule has 0 saturated carbocycles. The number of aromatic amines is 1. The highest BCUT2D eigenvalue weighted by Gasteiger charge is 2.14. The Morgan fingerprint density at radius 1 is 1.15 bits per heavy atom. The first kappa shape index (κ1) is 20.9. The van der Waals surface area contributed by atoms with Crippen LogP contribution in [0.25, 0.3) is 10.9 Å². The number of H-pyrrole nitrogens is 1. The van der Waals surface area contributed by atoms with Crippen LogP contribution in [0.1, 0.15) is 21.6 Å². The maximum Gasteiger partial charge on any atom is 0.258 e. The molecule has 7 heteroatoms. The van der Waals surface area contributed by atoms with E-state index in [-0.39, 0.29) is 18.0 Å². The summed E-state index contributed by atoms with van der Waals surface area (Å²) in [5.41, 5.74) is 3.65. The third kappa shape index (κ3) is 4.64. The van der Waals surface area contributed by atoms with Gasteiger partial charge >= 0.3 is 0 Å². The van der Waals surface area contributed by atoms with Gasteiger partial charge in [0.25, 0.3) is 5.91 Å². The number of anilines is 1. The van der Waals surface area contributed by atoms with E-state index in [9.17, 15) is 13.6 Å². The number of hydrogen-bond acceptors (Lipinski definition) is 2. The second kappa shape index (κ2) is 8.50. The molecule has 0 spiro atoms. The molecule has 1 amide bonds. The van der Waals surface area contributed by atoms with Crippen LogP contribution in [0.15, 0.2) is 36.4 Å². The summed E-state index contributed by atoms with van der Waals surface area (Å²) in [6.07, 6.45) is 0.878. The van der Waals surface area contributed by atoms with Crippen molar-refractivity contribution in [3.8, 4) is 0 Å². The van der Waals surface area contributed by atoms with Crippen LogP contribution in [0.2, 0.25) is 0 Å². The van der Waals surface area contributed by atoms with Gasteiger partial charge in [-0.15, -0.1) is 12.4 Å². The number of nitrogens with zero attached hydrogens (tertiary/aromatic N) is 1. The Bertz CT molecular complexity index is 969. The largest absolute Gasteiger partial charge is 0.358 e. The molecule has 0 aliphatic rings. The highest BCUT2D eigenvalue weighted by molar-refractivity contribution is 6.05. The van der Waals surface area contributed by atoms with Gasteiger partial charge in [-0.1, -0.05) is 0 Å². The summed E-state index contributed by atoms with van der Waals surface area (Å²) in [4.78, 5) is 17.8. The fourth-order valence-electron chi connectivity index (χ4n) is 2.99. The van der Waals surface area contributed by atoms with E-state index in [1.165, 1.54) is 5.56 Å². The van der Waals surface area contributed by atoms with Crippen LogP contribution in [0.4, 0.5) is 14.5 Å². The van der Waals surface area contributed by atoms with Crippen molar-refractivity contribution in [2.45, 2.75) is 13.3 Å². The second-order valence-electron chi connectivity index (χ2n) is 6.62. The molecule has 0 unspecified atom stereocenters. The summed E-state index contributed by atoms with van der Waals surface area (Å²) in [7, 11) is 4.04. The number of fused-ring (bicyclic) bond motifs is 1. The van der Waals surface area contributed by atoms with E-state index < -0.39 is 17.5 Å². The molecule has 0 bridgehead atoms. The molecule has 1 heterocycles. The molecule has 2 aromatic carbocycles. The highest BCUT2D eigenvalue weighted by atomic mass is 35.5. The SMILES string of the molecule is Cc1[nH]c2ccc(NC(=O)c3ccc(F)cc3F)cc2c1CCN(C)C.Cl. The van der Waals surface area contributed by atoms with Crippen molar-refractivity contribution in [3.63, 3.8) is 0 Å². The van der Waals surface area contributed by atoms with Gasteiger partial charge in [0.15, 0.2) is 0 Å². The van der Waals surface area contributed by atoms with Crippen molar-refractivity contribution in [1.29, 1.82) is 0 Å². The zero-order valence-corrected chi connectivity index (χ0v) is 16.2. The molecular weight excluding hydrogens is 372 g/mol. The second-order valence-corrected chi connectivity index (χ2v) is 6.62. The molecule has 1 aromatic heterocycles. The Balaban J connectivity index is 0.00000261. The van der Waals surface area contributed by atoms with Crippen LogP contribution < -0.4 is 5.32 Å². The third-order valence-electron chi connectivity index (χ3n) is 4.36. The van der Waals surface area contributed by atoms with Gasteiger partial charge in [-0.2, -0.15) is 0 Å². The molecule has 3 aromatic rings. The molecule has 0 aliphatic heterocycles. The zero-order valence-electron chi connectivity index (χ0n) is 15.4. The number of benzene rings is 2. The van der Waals surface area contributed by atoms with E-state index >= 15 is 0 Å². The molecule has 2 N–H and O–H groups in total. The highest BCUT2D eigenvalue weighted by Crippen LogP contribution is 2.26. The van der Waals surface area contributed by atoms with Gasteiger partial charge in [0.1, 0.15) is 11.6 Å². The Hall–Kier alpha value is -2.44. The normalized spacial score (nSPS) is 10.9. The lowest BCUT2D eigenvalue weighted by Crippen LogP contribution is -2.15. The predicted octanol–water partition coefficient (Wildman–Crippen LogP) is 4.53. The van der Waals surface area contributed by atoms with Gasteiger partial charge in [0.2, 0.25) is 0 Å². The molecule has 0 fully saturated rings. The lowest BCUT2D eigenvalue weighted by Gasteiger charge is -2.10. The van der Waals surface area contributed by atoms with E-state index in [0.717, 1.165) is 41.7 Å². The first-order valence-electron chi connectivity index (χ1n) is 8.37. The maximum absolute atomic E-state index is 13.8. The first-order valence-corrected chi connectivity index (χ1v) is 8.37. The molecule has 4 nitrogen and oxygen atoms in total. The Morgan fingerprint density at radius 2 is 1.89 bits per heavy atom. The minimum absolute atomic E-state index is 0. The fraction of sp³-hybridized carbons (Fsp3) is 0.250. The van der Waals surface area contributed by atoms with Gasteiger partial charge in [0.05, 0.1) is 5.56 Å². The number of carbonyl (C=O) groups excluding carboxylic acids is 1. The Kier molecular flexibility index (Phi) is 6.57. The summed E-state index contributed by atoms with van der Waals surface area (Å²) in [6, 6.07) is 8.43. The molecule has 3 rings (SSSR count). The van der Waals surface area contributed by atoms with Crippen molar-refractivity contribution in [2.75, 3.05) is 26.0 Å². The zero-order chi connectivity index (χ0) is 18.8. The molecule has 0 saturated heterocycles. The Labute approximate surface area is 163 Å². The number of halogens is 3. The van der Waals surface area contributed by atoms with Gasteiger partial charge in [-0.05, 0) is 63.3 Å². The quantitative estimate of drug-likeness (QED) is 0.669. The number of hydrogen-bond donors (Lipinski definition) is 2. The number of likely N-dealkylation sites (N-methyl/N-ethyl adjacent to an activating group) is 1. The Morgan fingerprint density at radius 3 is 2.56 bits per heavy atom. The van der Waals surface area contributed by atoms with Gasteiger partial charge in [-0.3, -0.25) is 4.79 Å². The lowest BCUT2D eigenvalue weighted by atomic mass is 10.1. The van der Waals surface area contributed by atoms with E-state index in [1.54, 1.807) is 6.07 Å². The smallest absolute Gasteiger partial charge is 0.258 e. The van der Waals surface area contributed by atoms with Gasteiger partial charge in [-0.25, -0.2) is 8.78 Å².